The molecule has 1 unspecified atom stereocenters. The van der Waals surface area contributed by atoms with Crippen molar-refractivity contribution in [3.63, 3.8) is 0 Å². The van der Waals surface area contributed by atoms with Crippen molar-refractivity contribution in [3.05, 3.63) is 107 Å². The van der Waals surface area contributed by atoms with E-state index < -0.39 is 0 Å². The van der Waals surface area contributed by atoms with Gasteiger partial charge in [0.1, 0.15) is 6.10 Å². The van der Waals surface area contributed by atoms with E-state index in [9.17, 15) is 0 Å². The fourth-order valence-corrected chi connectivity index (χ4v) is 3.65. The number of benzene rings is 3. The lowest BCUT2D eigenvalue weighted by Gasteiger charge is -2.23. The van der Waals surface area contributed by atoms with Crippen LogP contribution in [0.25, 0.3) is 10.8 Å². The van der Waals surface area contributed by atoms with Gasteiger partial charge in [0.15, 0.2) is 0 Å². The van der Waals surface area contributed by atoms with E-state index in [4.69, 9.17) is 4.74 Å². The molecule has 1 nitrogen and oxygen atoms in total. The number of hydrogen-bond donors (Lipinski definition) is 0. The molecule has 4 rings (SSSR count). The van der Waals surface area contributed by atoms with Crippen molar-refractivity contribution in [1.29, 1.82) is 0 Å². The average molecular weight is 340 g/mol. The summed E-state index contributed by atoms with van der Waals surface area (Å²) in [6, 6.07) is 23.5. The molecule has 0 bridgehead atoms. The normalized spacial score (nSPS) is 15.0. The number of rotatable bonds is 5. The second-order valence-corrected chi connectivity index (χ2v) is 6.88. The molecule has 0 N–H and O–H groups in total. The zero-order valence-electron chi connectivity index (χ0n) is 15.2. The largest absolute Gasteiger partial charge is 0.364 e. The monoisotopic (exact) mass is 340 g/mol. The van der Waals surface area contributed by atoms with Crippen molar-refractivity contribution in [3.8, 4) is 0 Å². The first-order valence-corrected chi connectivity index (χ1v) is 9.33. The van der Waals surface area contributed by atoms with Crippen LogP contribution in [0.1, 0.15) is 35.6 Å². The van der Waals surface area contributed by atoms with Crippen LogP contribution in [0.3, 0.4) is 0 Å². The average Bonchev–Trinajstić information content (AvgIpc) is 2.71. The fraction of sp³-hybridized carbons (Fsp3) is 0.200. The Kier molecular flexibility index (Phi) is 4.99. The smallest absolute Gasteiger partial charge is 0.108 e. The minimum Gasteiger partial charge on any atom is -0.364 e. The maximum Gasteiger partial charge on any atom is 0.108 e. The summed E-state index contributed by atoms with van der Waals surface area (Å²) in [6.45, 7) is 2.78. The third kappa shape index (κ3) is 3.49. The molecule has 1 aliphatic carbocycles. The first-order chi connectivity index (χ1) is 12.8. The fourth-order valence-electron chi connectivity index (χ4n) is 3.65. The molecule has 1 heteroatoms. The van der Waals surface area contributed by atoms with Gasteiger partial charge >= 0.3 is 0 Å². The Morgan fingerprint density at radius 1 is 0.846 bits per heavy atom. The summed E-state index contributed by atoms with van der Waals surface area (Å²) >= 11 is 0. The predicted octanol–water partition coefficient (Wildman–Crippen LogP) is 6.68. The van der Waals surface area contributed by atoms with E-state index in [2.05, 4.69) is 85.8 Å². The van der Waals surface area contributed by atoms with Crippen molar-refractivity contribution in [2.24, 2.45) is 0 Å². The SMILES string of the molecule is Cc1ccc(C(OCc2ccccc2)C2=CCCC=C2)c2ccccc12. The maximum absolute atomic E-state index is 6.48. The highest BCUT2D eigenvalue weighted by molar-refractivity contribution is 5.89. The summed E-state index contributed by atoms with van der Waals surface area (Å²) in [5.74, 6) is 0. The van der Waals surface area contributed by atoms with E-state index in [0.717, 1.165) is 12.8 Å². The molecule has 0 aliphatic heterocycles. The van der Waals surface area contributed by atoms with Crippen LogP contribution in [0.15, 0.2) is 90.5 Å². The van der Waals surface area contributed by atoms with Gasteiger partial charge in [-0.1, -0.05) is 85.0 Å². The molecule has 3 aromatic rings. The Bertz CT molecular complexity index is 950. The lowest BCUT2D eigenvalue weighted by atomic mass is 9.91. The van der Waals surface area contributed by atoms with E-state index in [-0.39, 0.29) is 6.10 Å². The molecule has 0 heterocycles. The maximum atomic E-state index is 6.48. The van der Waals surface area contributed by atoms with Gasteiger partial charge in [0, 0.05) is 0 Å². The van der Waals surface area contributed by atoms with Crippen LogP contribution >= 0.6 is 0 Å². The third-order valence-electron chi connectivity index (χ3n) is 5.04. The van der Waals surface area contributed by atoms with Crippen molar-refractivity contribution >= 4 is 10.8 Å². The molecule has 0 aromatic heterocycles. The van der Waals surface area contributed by atoms with Gasteiger partial charge in [-0.3, -0.25) is 0 Å². The van der Waals surface area contributed by atoms with Gasteiger partial charge in [-0.25, -0.2) is 0 Å². The van der Waals surface area contributed by atoms with Crippen molar-refractivity contribution in [2.45, 2.75) is 32.5 Å². The first-order valence-electron chi connectivity index (χ1n) is 9.33. The molecule has 1 atom stereocenters. The standard InChI is InChI=1S/C25H24O/c1-19-16-17-24(23-15-9-8-14-22(19)23)25(21-12-6-3-7-13-21)26-18-20-10-4-2-5-11-20/h2,4-6,8-17,25H,3,7,18H2,1H3. The van der Waals surface area contributed by atoms with Gasteiger partial charge in [0.2, 0.25) is 0 Å². The first kappa shape index (κ1) is 16.8. The molecule has 0 saturated carbocycles. The molecule has 1 aliphatic rings. The summed E-state index contributed by atoms with van der Waals surface area (Å²) < 4.78 is 6.48. The summed E-state index contributed by atoms with van der Waals surface area (Å²) in [4.78, 5) is 0. The third-order valence-corrected chi connectivity index (χ3v) is 5.04. The van der Waals surface area contributed by atoms with Crippen LogP contribution in [0.4, 0.5) is 0 Å². The Labute approximate surface area is 155 Å². The molecule has 0 fully saturated rings. The number of allylic oxidation sites excluding steroid dienone is 2. The number of aryl methyl sites for hydroxylation is 1. The predicted molar refractivity (Wildman–Crippen MR) is 109 cm³/mol. The summed E-state index contributed by atoms with van der Waals surface area (Å²) in [5, 5.41) is 2.59. The van der Waals surface area contributed by atoms with Gasteiger partial charge in [-0.05, 0) is 52.8 Å². The molecule has 0 saturated heterocycles. The van der Waals surface area contributed by atoms with Gasteiger partial charge in [0.25, 0.3) is 0 Å². The van der Waals surface area contributed by atoms with E-state index in [1.165, 1.54) is 33.0 Å². The van der Waals surface area contributed by atoms with E-state index in [1.54, 1.807) is 0 Å². The van der Waals surface area contributed by atoms with Gasteiger partial charge in [-0.2, -0.15) is 0 Å². The molecule has 0 amide bonds. The van der Waals surface area contributed by atoms with Crippen molar-refractivity contribution in [1.82, 2.24) is 0 Å². The molecular formula is C25H24O. The molecule has 0 spiro atoms. The summed E-state index contributed by atoms with van der Waals surface area (Å²) in [5.41, 5.74) is 5.02. The number of ether oxygens (including phenoxy) is 1. The van der Waals surface area contributed by atoms with Gasteiger partial charge in [0.05, 0.1) is 6.61 Å². The van der Waals surface area contributed by atoms with Crippen LogP contribution in [0.5, 0.6) is 0 Å². The van der Waals surface area contributed by atoms with Crippen molar-refractivity contribution in [2.75, 3.05) is 0 Å². The molecule has 3 aromatic carbocycles. The quantitative estimate of drug-likeness (QED) is 0.503. The zero-order chi connectivity index (χ0) is 17.8. The second-order valence-electron chi connectivity index (χ2n) is 6.88. The lowest BCUT2D eigenvalue weighted by molar-refractivity contribution is 0.0668. The van der Waals surface area contributed by atoms with Crippen LogP contribution in [-0.4, -0.2) is 0 Å². The molecule has 26 heavy (non-hydrogen) atoms. The topological polar surface area (TPSA) is 9.23 Å². The van der Waals surface area contributed by atoms with Crippen LogP contribution < -0.4 is 0 Å². The summed E-state index contributed by atoms with van der Waals surface area (Å²) in [6.07, 6.45) is 8.96. The second kappa shape index (κ2) is 7.72. The summed E-state index contributed by atoms with van der Waals surface area (Å²) in [7, 11) is 0. The Balaban J connectivity index is 1.74. The molecule has 0 radical (unpaired) electrons. The highest BCUT2D eigenvalue weighted by Crippen LogP contribution is 2.35. The van der Waals surface area contributed by atoms with Crippen LogP contribution in [0.2, 0.25) is 0 Å². The minimum absolute atomic E-state index is 0.0442. The molecular weight excluding hydrogens is 316 g/mol. The highest BCUT2D eigenvalue weighted by Gasteiger charge is 2.20. The van der Waals surface area contributed by atoms with Gasteiger partial charge in [-0.15, -0.1) is 0 Å². The minimum atomic E-state index is -0.0442. The Morgan fingerprint density at radius 2 is 1.62 bits per heavy atom. The molecule has 130 valence electrons. The van der Waals surface area contributed by atoms with E-state index >= 15 is 0 Å². The van der Waals surface area contributed by atoms with Gasteiger partial charge < -0.3 is 4.74 Å². The Morgan fingerprint density at radius 3 is 2.38 bits per heavy atom. The van der Waals surface area contributed by atoms with E-state index in [0.29, 0.717) is 6.61 Å². The van der Waals surface area contributed by atoms with E-state index in [1.807, 2.05) is 6.07 Å². The van der Waals surface area contributed by atoms with Crippen molar-refractivity contribution < 1.29 is 4.74 Å². The van der Waals surface area contributed by atoms with Crippen LogP contribution in [-0.2, 0) is 11.3 Å². The van der Waals surface area contributed by atoms with Crippen LogP contribution in [0, 0.1) is 6.92 Å². The highest BCUT2D eigenvalue weighted by atomic mass is 16.5. The Hall–Kier alpha value is -2.64. The number of hydrogen-bond acceptors (Lipinski definition) is 1. The number of fused-ring (bicyclic) bond motifs is 1. The lowest BCUT2D eigenvalue weighted by Crippen LogP contribution is -2.09. The zero-order valence-corrected chi connectivity index (χ0v) is 15.2.